The van der Waals surface area contributed by atoms with Gasteiger partial charge >= 0.3 is 6.11 Å². The normalized spacial score (nSPS) is 11.9. The Labute approximate surface area is 233 Å². The van der Waals surface area contributed by atoms with Crippen LogP contribution in [0.4, 0.5) is 39.5 Å². The van der Waals surface area contributed by atoms with Gasteiger partial charge in [0.25, 0.3) is 0 Å². The lowest BCUT2D eigenvalue weighted by molar-refractivity contribution is -0.131. The fourth-order valence-electron chi connectivity index (χ4n) is 4.09. The first-order chi connectivity index (χ1) is 19.3. The number of hydrogen-bond acceptors (Lipinski definition) is 1. The summed E-state index contributed by atoms with van der Waals surface area (Å²) in [6.45, 7) is 1.93. The number of aryl methyl sites for hydroxylation is 1. The van der Waals surface area contributed by atoms with Crippen LogP contribution in [0.3, 0.4) is 0 Å². The average Bonchev–Trinajstić information content (AvgIpc) is 2.86. The minimum Gasteiger partial charge on any atom is -0.429 e. The summed E-state index contributed by atoms with van der Waals surface area (Å²) in [6.07, 6.45) is -2.69. The summed E-state index contributed by atoms with van der Waals surface area (Å²) in [5, 5.41) is -0.294. The van der Waals surface area contributed by atoms with Gasteiger partial charge in [-0.2, -0.15) is 8.78 Å². The van der Waals surface area contributed by atoms with Gasteiger partial charge < -0.3 is 4.74 Å². The van der Waals surface area contributed by atoms with Crippen LogP contribution >= 0.6 is 11.6 Å². The van der Waals surface area contributed by atoms with Crippen molar-refractivity contribution in [3.8, 4) is 28.0 Å². The van der Waals surface area contributed by atoms with Gasteiger partial charge in [0.2, 0.25) is 0 Å². The Morgan fingerprint density at radius 3 is 1.90 bits per heavy atom. The molecule has 0 spiro atoms. The third-order valence-corrected chi connectivity index (χ3v) is 6.25. The molecule has 0 aliphatic heterocycles. The second-order valence-corrected chi connectivity index (χ2v) is 9.34. The first-order valence-corrected chi connectivity index (χ1v) is 12.3. The van der Waals surface area contributed by atoms with E-state index in [1.54, 1.807) is 6.07 Å². The Morgan fingerprint density at radius 1 is 0.732 bits per heavy atom. The molecule has 4 rings (SSSR count). The number of benzene rings is 4. The summed E-state index contributed by atoms with van der Waals surface area (Å²) in [5.74, 6) is -11.0. The van der Waals surface area contributed by atoms with Gasteiger partial charge in [-0.15, -0.1) is 0 Å². The molecule has 4 aromatic carbocycles. The fourth-order valence-corrected chi connectivity index (χ4v) is 4.41. The maximum atomic E-state index is 15.1. The molecular weight excluding hydrogens is 583 g/mol. The third-order valence-electron chi connectivity index (χ3n) is 5.95. The predicted octanol–water partition coefficient (Wildman–Crippen LogP) is 10.3. The molecule has 0 aliphatic carbocycles. The topological polar surface area (TPSA) is 9.23 Å². The number of rotatable bonds is 8. The molecule has 0 aliphatic rings. The smallest absolute Gasteiger partial charge is 0.419 e. The third kappa shape index (κ3) is 6.70. The van der Waals surface area contributed by atoms with Crippen LogP contribution in [-0.2, 0) is 6.42 Å². The van der Waals surface area contributed by atoms with Gasteiger partial charge in [0.1, 0.15) is 29.0 Å². The van der Waals surface area contributed by atoms with Gasteiger partial charge in [0.05, 0.1) is 5.02 Å². The molecule has 0 atom stereocenters. The van der Waals surface area contributed by atoms with Crippen LogP contribution in [0.1, 0.15) is 24.5 Å². The maximum absolute atomic E-state index is 15.1. The molecule has 0 unspecified atom stereocenters. The highest BCUT2D eigenvalue weighted by Crippen LogP contribution is 2.37. The largest absolute Gasteiger partial charge is 0.429 e. The fraction of sp³-hybridized carbons (Fsp3) is 0.133. The first-order valence-electron chi connectivity index (χ1n) is 12.0. The Morgan fingerprint density at radius 2 is 1.34 bits per heavy atom. The van der Waals surface area contributed by atoms with E-state index in [-0.39, 0.29) is 39.9 Å². The van der Waals surface area contributed by atoms with Crippen molar-refractivity contribution in [3.63, 3.8) is 0 Å². The zero-order valence-corrected chi connectivity index (χ0v) is 21.7. The van der Waals surface area contributed by atoms with Crippen molar-refractivity contribution in [3.05, 3.63) is 118 Å². The average molecular weight is 601 g/mol. The minimum atomic E-state index is -4.33. The van der Waals surface area contributed by atoms with Gasteiger partial charge in [-0.25, -0.2) is 30.7 Å². The molecular formula is C30H18ClF9O. The summed E-state index contributed by atoms with van der Waals surface area (Å²) >= 11 is 6.21. The van der Waals surface area contributed by atoms with Crippen molar-refractivity contribution < 1.29 is 44.3 Å². The molecule has 0 saturated carbocycles. The summed E-state index contributed by atoms with van der Waals surface area (Å²) in [7, 11) is 0. The van der Waals surface area contributed by atoms with Crippen molar-refractivity contribution in [2.24, 2.45) is 0 Å². The molecule has 0 heterocycles. The van der Waals surface area contributed by atoms with Crippen molar-refractivity contribution in [2.75, 3.05) is 0 Å². The van der Waals surface area contributed by atoms with Crippen LogP contribution in [0.5, 0.6) is 5.75 Å². The lowest BCUT2D eigenvalue weighted by Gasteiger charge is -2.15. The standard InChI is InChI=1S/C30H18ClF9O/c1-2-3-15-4-5-19(22(32)8-15)16-9-21(31)28(25(35)10-16)17-11-23(33)20(24(34)12-17)6-7-30(39,40)41-18-13-26(36)29(38)27(37)14-18/h4-14H,2-3H2,1H3. The zero-order valence-electron chi connectivity index (χ0n) is 21.0. The highest BCUT2D eigenvalue weighted by atomic mass is 35.5. The quantitative estimate of drug-likeness (QED) is 0.144. The second kappa shape index (κ2) is 11.9. The molecule has 0 fully saturated rings. The van der Waals surface area contributed by atoms with E-state index in [1.807, 2.05) is 6.92 Å². The Balaban J connectivity index is 1.62. The molecule has 0 aromatic heterocycles. The predicted molar refractivity (Wildman–Crippen MR) is 137 cm³/mol. The lowest BCUT2D eigenvalue weighted by Crippen LogP contribution is -2.21. The number of alkyl halides is 2. The van der Waals surface area contributed by atoms with Crippen molar-refractivity contribution in [1.82, 2.24) is 0 Å². The molecule has 0 amide bonds. The molecule has 0 saturated heterocycles. The highest BCUT2D eigenvalue weighted by Gasteiger charge is 2.29. The van der Waals surface area contributed by atoms with Crippen LogP contribution in [-0.4, -0.2) is 6.11 Å². The Bertz CT molecular complexity index is 1580. The number of halogens is 10. The molecule has 41 heavy (non-hydrogen) atoms. The SMILES string of the molecule is CCCc1ccc(-c2cc(F)c(-c3cc(F)c(C=CC(F)(F)Oc4cc(F)c(F)c(F)c4)c(F)c3)c(Cl)c2)c(F)c1. The molecule has 0 radical (unpaired) electrons. The molecule has 214 valence electrons. The lowest BCUT2D eigenvalue weighted by atomic mass is 9.97. The maximum Gasteiger partial charge on any atom is 0.419 e. The van der Waals surface area contributed by atoms with E-state index in [1.165, 1.54) is 18.2 Å². The highest BCUT2D eigenvalue weighted by molar-refractivity contribution is 6.33. The van der Waals surface area contributed by atoms with E-state index < -0.39 is 63.7 Å². The van der Waals surface area contributed by atoms with E-state index in [4.69, 9.17) is 11.6 Å². The van der Waals surface area contributed by atoms with Crippen LogP contribution in [0.25, 0.3) is 28.3 Å². The van der Waals surface area contributed by atoms with Crippen molar-refractivity contribution >= 4 is 17.7 Å². The molecule has 4 aromatic rings. The van der Waals surface area contributed by atoms with Gasteiger partial charge in [-0.05, 0) is 59.5 Å². The second-order valence-electron chi connectivity index (χ2n) is 8.93. The van der Waals surface area contributed by atoms with Crippen LogP contribution in [0.2, 0.25) is 5.02 Å². The molecule has 0 bridgehead atoms. The van der Waals surface area contributed by atoms with E-state index >= 15 is 4.39 Å². The van der Waals surface area contributed by atoms with Gasteiger partial charge in [-0.1, -0.05) is 37.1 Å². The summed E-state index contributed by atoms with van der Waals surface area (Å²) in [4.78, 5) is 0. The zero-order chi connectivity index (χ0) is 30.1. The number of ether oxygens (including phenoxy) is 1. The van der Waals surface area contributed by atoms with Crippen molar-refractivity contribution in [2.45, 2.75) is 25.9 Å². The summed E-state index contributed by atoms with van der Waals surface area (Å²) in [5.41, 5.74) is -0.869. The molecule has 11 heteroatoms. The van der Waals surface area contributed by atoms with E-state index in [9.17, 15) is 35.1 Å². The van der Waals surface area contributed by atoms with Gasteiger partial charge in [0, 0.05) is 34.9 Å². The van der Waals surface area contributed by atoms with Gasteiger partial charge in [0.15, 0.2) is 17.5 Å². The minimum absolute atomic E-state index is 0.0595. The van der Waals surface area contributed by atoms with E-state index in [2.05, 4.69) is 4.74 Å². The van der Waals surface area contributed by atoms with Gasteiger partial charge in [-0.3, -0.25) is 0 Å². The van der Waals surface area contributed by atoms with Crippen LogP contribution in [0.15, 0.2) is 60.7 Å². The van der Waals surface area contributed by atoms with E-state index in [0.717, 1.165) is 18.1 Å². The molecule has 1 nitrogen and oxygen atoms in total. The first kappa shape index (κ1) is 30.0. The van der Waals surface area contributed by atoms with Crippen molar-refractivity contribution in [1.29, 1.82) is 0 Å². The monoisotopic (exact) mass is 600 g/mol. The van der Waals surface area contributed by atoms with Crippen LogP contribution < -0.4 is 4.74 Å². The molecule has 0 N–H and O–H groups in total. The summed E-state index contributed by atoms with van der Waals surface area (Å²) < 4.78 is 131. The Hall–Kier alpha value is -3.92. The van der Waals surface area contributed by atoms with E-state index in [0.29, 0.717) is 24.6 Å². The Kier molecular flexibility index (Phi) is 8.72. The number of hydrogen-bond donors (Lipinski definition) is 0. The van der Waals surface area contributed by atoms with Crippen LogP contribution in [0, 0.1) is 40.7 Å². The summed E-state index contributed by atoms with van der Waals surface area (Å²) in [6, 6.07) is 8.26.